The molecular weight excluding hydrogens is 393 g/mol. The summed E-state index contributed by atoms with van der Waals surface area (Å²) in [5.74, 6) is 0.747. The normalized spacial score (nSPS) is 34.9. The number of fused-ring (bicyclic) bond motifs is 1. The number of aromatic nitrogens is 2. The van der Waals surface area contributed by atoms with Crippen LogP contribution in [0.4, 0.5) is 9.18 Å². The predicted octanol–water partition coefficient (Wildman–Crippen LogP) is 1.95. The van der Waals surface area contributed by atoms with Crippen LogP contribution >= 0.6 is 0 Å². The first-order valence-electron chi connectivity index (χ1n) is 10.5. The summed E-state index contributed by atoms with van der Waals surface area (Å²) in [6, 6.07) is -0.533. The molecule has 2 saturated carbocycles. The highest BCUT2D eigenvalue weighted by atomic mass is 19.1. The predicted molar refractivity (Wildman–Crippen MR) is 104 cm³/mol. The van der Waals surface area contributed by atoms with Gasteiger partial charge in [-0.15, -0.1) is 5.43 Å². The van der Waals surface area contributed by atoms with E-state index in [-0.39, 0.29) is 29.6 Å². The SMILES string of the molecule is COC(=O)N1C(C)CC(N[N+](C)=O)C1COC1CCC2(c3ncc(F)cn3)CC2C1. The van der Waals surface area contributed by atoms with Crippen LogP contribution in [-0.4, -0.2) is 70.8 Å². The highest BCUT2D eigenvalue weighted by Crippen LogP contribution is 2.61. The van der Waals surface area contributed by atoms with Crippen molar-refractivity contribution in [3.8, 4) is 0 Å². The Morgan fingerprint density at radius 1 is 1.40 bits per heavy atom. The van der Waals surface area contributed by atoms with Crippen LogP contribution in [0.3, 0.4) is 0 Å². The average molecular weight is 422 g/mol. The second-order valence-electron chi connectivity index (χ2n) is 8.77. The number of halogens is 1. The van der Waals surface area contributed by atoms with Gasteiger partial charge in [-0.25, -0.2) is 19.2 Å². The first kappa shape index (κ1) is 20.9. The molecule has 2 aliphatic carbocycles. The standard InChI is InChI=1S/C20H29FN5O4/c1-12-6-16(24-25(2)28)17(26(12)19(27)29-3)11-30-15-4-5-20(8-13(20)7-15)18-22-9-14(21)10-23-18/h9-10,12-13,15-17H,4-8,11H2,1-3H3,(H,24,28)/q+1. The van der Waals surface area contributed by atoms with Gasteiger partial charge in [0.25, 0.3) is 0 Å². The number of rotatable bonds is 6. The van der Waals surface area contributed by atoms with Crippen LogP contribution < -0.4 is 5.43 Å². The van der Waals surface area contributed by atoms with Crippen LogP contribution in [0.2, 0.25) is 0 Å². The molecule has 0 aromatic carbocycles. The van der Waals surface area contributed by atoms with Gasteiger partial charge in [-0.2, -0.15) is 0 Å². The van der Waals surface area contributed by atoms with E-state index in [0.717, 1.165) is 31.5 Å². The number of hydrazine groups is 1. The van der Waals surface area contributed by atoms with Gasteiger partial charge in [-0.1, -0.05) is 0 Å². The molecule has 1 N–H and O–H groups in total. The zero-order valence-corrected chi connectivity index (χ0v) is 17.6. The maximum Gasteiger partial charge on any atom is 0.410 e. The maximum atomic E-state index is 13.1. The minimum absolute atomic E-state index is 0.0388. The largest absolute Gasteiger partial charge is 0.453 e. The van der Waals surface area contributed by atoms with Crippen LogP contribution in [0.5, 0.6) is 0 Å². The molecule has 3 fully saturated rings. The van der Waals surface area contributed by atoms with Gasteiger partial charge in [0.15, 0.2) is 5.82 Å². The molecule has 164 valence electrons. The van der Waals surface area contributed by atoms with Crippen molar-refractivity contribution in [2.45, 2.75) is 68.7 Å². The highest BCUT2D eigenvalue weighted by Gasteiger charge is 2.60. The Bertz CT molecular complexity index is 809. The monoisotopic (exact) mass is 422 g/mol. The van der Waals surface area contributed by atoms with Crippen LogP contribution in [0.25, 0.3) is 0 Å². The van der Waals surface area contributed by atoms with E-state index in [0.29, 0.717) is 23.8 Å². The van der Waals surface area contributed by atoms with Crippen molar-refractivity contribution >= 4 is 6.09 Å². The molecule has 9 nitrogen and oxygen atoms in total. The topological polar surface area (TPSA) is 96.7 Å². The van der Waals surface area contributed by atoms with E-state index in [1.54, 1.807) is 4.90 Å². The van der Waals surface area contributed by atoms with Crippen molar-refractivity contribution in [1.82, 2.24) is 20.3 Å². The Balaban J connectivity index is 1.37. The summed E-state index contributed by atoms with van der Waals surface area (Å²) in [6.45, 7) is 2.28. The van der Waals surface area contributed by atoms with Gasteiger partial charge in [0.05, 0.1) is 43.2 Å². The van der Waals surface area contributed by atoms with E-state index in [1.165, 1.54) is 26.6 Å². The molecule has 0 radical (unpaired) electrons. The third kappa shape index (κ3) is 3.84. The number of likely N-dealkylation sites (tertiary alicyclic amines) is 1. The van der Waals surface area contributed by atoms with Gasteiger partial charge >= 0.3 is 6.09 Å². The molecule has 2 heterocycles. The van der Waals surface area contributed by atoms with E-state index in [2.05, 4.69) is 15.4 Å². The third-order valence-electron chi connectivity index (χ3n) is 6.88. The smallest absolute Gasteiger partial charge is 0.410 e. The fourth-order valence-corrected chi connectivity index (χ4v) is 5.34. The van der Waals surface area contributed by atoms with Crippen molar-refractivity contribution in [3.05, 3.63) is 28.9 Å². The molecular formula is C20H29FN5O4+. The number of nitrogens with zero attached hydrogens (tertiary/aromatic N) is 4. The Hall–Kier alpha value is -2.36. The van der Waals surface area contributed by atoms with Crippen LogP contribution in [0, 0.1) is 16.6 Å². The minimum atomic E-state index is -0.419. The number of nitroso groups, excluding NO2 is 1. The van der Waals surface area contributed by atoms with Gasteiger partial charge in [0, 0.05) is 11.5 Å². The average Bonchev–Trinajstić information content (AvgIpc) is 3.37. The van der Waals surface area contributed by atoms with E-state index in [1.807, 2.05) is 6.92 Å². The minimum Gasteiger partial charge on any atom is -0.453 e. The van der Waals surface area contributed by atoms with Crippen molar-refractivity contribution in [2.24, 2.45) is 5.92 Å². The molecule has 3 aliphatic rings. The molecule has 1 aromatic rings. The Labute approximate surface area is 174 Å². The van der Waals surface area contributed by atoms with Crippen LogP contribution in [0.1, 0.15) is 44.9 Å². The lowest BCUT2D eigenvalue weighted by molar-refractivity contribution is -0.586. The molecule has 0 spiro atoms. The summed E-state index contributed by atoms with van der Waals surface area (Å²) in [4.78, 5) is 34.6. The number of carbonyl (C=O) groups excluding carboxylic acids is 1. The van der Waals surface area contributed by atoms with Crippen molar-refractivity contribution < 1.29 is 23.5 Å². The highest BCUT2D eigenvalue weighted by molar-refractivity contribution is 5.69. The lowest BCUT2D eigenvalue weighted by Crippen LogP contribution is -2.50. The van der Waals surface area contributed by atoms with Gasteiger partial charge in [0.1, 0.15) is 16.7 Å². The molecule has 6 unspecified atom stereocenters. The molecule has 0 bridgehead atoms. The summed E-state index contributed by atoms with van der Waals surface area (Å²) in [6.07, 6.45) is 6.43. The molecule has 1 amide bonds. The second-order valence-corrected chi connectivity index (χ2v) is 8.77. The summed E-state index contributed by atoms with van der Waals surface area (Å²) in [7, 11) is 2.76. The van der Waals surface area contributed by atoms with Crippen LogP contribution in [0.15, 0.2) is 12.4 Å². The van der Waals surface area contributed by atoms with Crippen LogP contribution in [-0.2, 0) is 14.9 Å². The number of hydrogen-bond acceptors (Lipinski definition) is 6. The maximum absolute atomic E-state index is 13.1. The molecule has 10 heteroatoms. The first-order valence-corrected chi connectivity index (χ1v) is 10.5. The lowest BCUT2D eigenvalue weighted by Gasteiger charge is -2.32. The summed E-state index contributed by atoms with van der Waals surface area (Å²) in [5, 5.41) is 0. The Morgan fingerprint density at radius 3 is 2.77 bits per heavy atom. The zero-order valence-electron chi connectivity index (χ0n) is 17.6. The zero-order chi connectivity index (χ0) is 21.5. The Kier molecular flexibility index (Phi) is 5.61. The molecule has 1 aromatic heterocycles. The summed E-state index contributed by atoms with van der Waals surface area (Å²) < 4.78 is 24.3. The van der Waals surface area contributed by atoms with E-state index in [9.17, 15) is 14.1 Å². The molecule has 30 heavy (non-hydrogen) atoms. The lowest BCUT2D eigenvalue weighted by atomic mass is 9.86. The number of carbonyl (C=O) groups is 1. The summed E-state index contributed by atoms with van der Waals surface area (Å²) in [5.41, 5.74) is 2.83. The van der Waals surface area contributed by atoms with Gasteiger partial charge < -0.3 is 9.47 Å². The molecule has 1 aliphatic heterocycles. The third-order valence-corrected chi connectivity index (χ3v) is 6.88. The van der Waals surface area contributed by atoms with Crippen molar-refractivity contribution in [3.63, 3.8) is 0 Å². The number of hydrogen-bond donors (Lipinski definition) is 1. The van der Waals surface area contributed by atoms with E-state index in [4.69, 9.17) is 9.47 Å². The second kappa shape index (κ2) is 8.05. The van der Waals surface area contributed by atoms with Crippen molar-refractivity contribution in [2.75, 3.05) is 20.8 Å². The van der Waals surface area contributed by atoms with E-state index >= 15 is 0 Å². The van der Waals surface area contributed by atoms with Crippen molar-refractivity contribution in [1.29, 1.82) is 0 Å². The fraction of sp³-hybridized carbons (Fsp3) is 0.750. The first-order chi connectivity index (χ1) is 14.3. The molecule has 6 atom stereocenters. The fourth-order valence-electron chi connectivity index (χ4n) is 5.34. The summed E-state index contributed by atoms with van der Waals surface area (Å²) >= 11 is 0. The van der Waals surface area contributed by atoms with Gasteiger partial charge in [0.2, 0.25) is 7.05 Å². The van der Waals surface area contributed by atoms with Gasteiger partial charge in [-0.3, -0.25) is 4.90 Å². The molecule has 4 rings (SSSR count). The quantitative estimate of drug-likeness (QED) is 0.553. The number of amides is 1. The molecule has 1 saturated heterocycles. The number of ether oxygens (including phenoxy) is 2. The Morgan fingerprint density at radius 2 is 2.13 bits per heavy atom. The van der Waals surface area contributed by atoms with Gasteiger partial charge in [-0.05, 0) is 44.9 Å². The number of methoxy groups -OCH3 is 1. The van der Waals surface area contributed by atoms with E-state index < -0.39 is 11.9 Å². The number of nitrogens with one attached hydrogen (secondary N) is 1.